The van der Waals surface area contributed by atoms with Gasteiger partial charge in [0.25, 0.3) is 5.91 Å². The van der Waals surface area contributed by atoms with Crippen molar-refractivity contribution in [2.24, 2.45) is 0 Å². The predicted molar refractivity (Wildman–Crippen MR) is 58.2 cm³/mol. The van der Waals surface area contributed by atoms with Crippen molar-refractivity contribution in [1.82, 2.24) is 4.90 Å². The van der Waals surface area contributed by atoms with Crippen LogP contribution in [0.25, 0.3) is 0 Å². The summed E-state index contributed by atoms with van der Waals surface area (Å²) in [5, 5.41) is 0. The number of rotatable bonds is 2. The Hall–Kier alpha value is -1.51. The lowest BCUT2D eigenvalue weighted by Crippen LogP contribution is -2.26. The maximum Gasteiger partial charge on any atom is 0.253 e. The lowest BCUT2D eigenvalue weighted by atomic mass is 10.1. The second-order valence-corrected chi connectivity index (χ2v) is 3.39. The highest BCUT2D eigenvalue weighted by Gasteiger charge is 2.12. The normalized spacial score (nSPS) is 9.93. The number of nitrogens with two attached hydrogens (primary N) is 1. The SMILES string of the molecule is CCN(C)C(=O)c1cc(N)ccc1C. The summed E-state index contributed by atoms with van der Waals surface area (Å²) in [6.45, 7) is 4.56. The number of hydrogen-bond donors (Lipinski definition) is 1. The van der Waals surface area contributed by atoms with Crippen molar-refractivity contribution in [3.63, 3.8) is 0 Å². The van der Waals surface area contributed by atoms with Crippen LogP contribution in [0.4, 0.5) is 5.69 Å². The van der Waals surface area contributed by atoms with Crippen LogP contribution in [-0.4, -0.2) is 24.4 Å². The first-order chi connectivity index (χ1) is 6.56. The minimum atomic E-state index is 0.0253. The fourth-order valence-electron chi connectivity index (χ4n) is 1.22. The molecule has 0 spiro atoms. The summed E-state index contributed by atoms with van der Waals surface area (Å²) in [7, 11) is 1.78. The number of carbonyl (C=O) groups is 1. The van der Waals surface area contributed by atoms with E-state index in [9.17, 15) is 4.79 Å². The molecule has 0 saturated heterocycles. The molecular weight excluding hydrogens is 176 g/mol. The minimum Gasteiger partial charge on any atom is -0.399 e. The molecule has 3 heteroatoms. The van der Waals surface area contributed by atoms with Gasteiger partial charge in [-0.3, -0.25) is 4.79 Å². The van der Waals surface area contributed by atoms with E-state index in [1.807, 2.05) is 19.9 Å². The summed E-state index contributed by atoms with van der Waals surface area (Å²) < 4.78 is 0. The maximum absolute atomic E-state index is 11.8. The Bertz CT molecular complexity index is 347. The number of carbonyl (C=O) groups excluding carboxylic acids is 1. The predicted octanol–water partition coefficient (Wildman–Crippen LogP) is 1.67. The number of anilines is 1. The summed E-state index contributed by atoms with van der Waals surface area (Å²) in [5.74, 6) is 0.0253. The Morgan fingerprint density at radius 1 is 1.50 bits per heavy atom. The van der Waals surface area contributed by atoms with Crippen molar-refractivity contribution in [2.75, 3.05) is 19.3 Å². The third-order valence-corrected chi connectivity index (χ3v) is 2.31. The summed E-state index contributed by atoms with van der Waals surface area (Å²) in [6, 6.07) is 5.40. The Morgan fingerprint density at radius 3 is 2.71 bits per heavy atom. The molecule has 0 atom stereocenters. The summed E-state index contributed by atoms with van der Waals surface area (Å²) in [6.07, 6.45) is 0. The zero-order valence-corrected chi connectivity index (χ0v) is 8.87. The molecular formula is C11H16N2O. The van der Waals surface area contributed by atoms with E-state index in [0.717, 1.165) is 5.56 Å². The second-order valence-electron chi connectivity index (χ2n) is 3.39. The summed E-state index contributed by atoms with van der Waals surface area (Å²) in [5.41, 5.74) is 7.92. The van der Waals surface area contributed by atoms with Crippen LogP contribution < -0.4 is 5.73 Å². The summed E-state index contributed by atoms with van der Waals surface area (Å²) in [4.78, 5) is 13.5. The lowest BCUT2D eigenvalue weighted by molar-refractivity contribution is 0.0802. The van der Waals surface area contributed by atoms with Gasteiger partial charge in [0, 0.05) is 24.8 Å². The van der Waals surface area contributed by atoms with E-state index < -0.39 is 0 Å². The second kappa shape index (κ2) is 4.13. The molecule has 1 aromatic carbocycles. The number of nitrogens with zero attached hydrogens (tertiary/aromatic N) is 1. The molecule has 76 valence electrons. The number of amides is 1. The number of nitrogen functional groups attached to an aromatic ring is 1. The van der Waals surface area contributed by atoms with E-state index in [4.69, 9.17) is 5.73 Å². The van der Waals surface area contributed by atoms with Gasteiger partial charge in [-0.1, -0.05) is 6.07 Å². The van der Waals surface area contributed by atoms with Crippen LogP contribution in [0.3, 0.4) is 0 Å². The number of aryl methyl sites for hydroxylation is 1. The van der Waals surface area contributed by atoms with Crippen LogP contribution in [0, 0.1) is 6.92 Å². The molecule has 0 unspecified atom stereocenters. The first kappa shape index (κ1) is 10.6. The molecule has 1 rings (SSSR count). The van der Waals surface area contributed by atoms with E-state index in [-0.39, 0.29) is 5.91 Å². The molecule has 0 saturated carbocycles. The van der Waals surface area contributed by atoms with Gasteiger partial charge in [0.15, 0.2) is 0 Å². The summed E-state index contributed by atoms with van der Waals surface area (Å²) >= 11 is 0. The highest BCUT2D eigenvalue weighted by molar-refractivity contribution is 5.96. The molecule has 14 heavy (non-hydrogen) atoms. The third kappa shape index (κ3) is 2.05. The fourth-order valence-corrected chi connectivity index (χ4v) is 1.22. The van der Waals surface area contributed by atoms with Gasteiger partial charge in [-0.15, -0.1) is 0 Å². The first-order valence-corrected chi connectivity index (χ1v) is 4.67. The van der Waals surface area contributed by atoms with Gasteiger partial charge in [0.1, 0.15) is 0 Å². The van der Waals surface area contributed by atoms with Gasteiger partial charge in [0.05, 0.1) is 0 Å². The maximum atomic E-state index is 11.8. The van der Waals surface area contributed by atoms with E-state index in [1.54, 1.807) is 24.1 Å². The largest absolute Gasteiger partial charge is 0.399 e. The molecule has 1 aromatic rings. The molecule has 0 radical (unpaired) electrons. The standard InChI is InChI=1S/C11H16N2O/c1-4-13(3)11(14)10-7-9(12)6-5-8(10)2/h5-7H,4,12H2,1-3H3. The van der Waals surface area contributed by atoms with Gasteiger partial charge < -0.3 is 10.6 Å². The molecule has 2 N–H and O–H groups in total. The van der Waals surface area contributed by atoms with Gasteiger partial charge >= 0.3 is 0 Å². The zero-order chi connectivity index (χ0) is 10.7. The molecule has 0 aliphatic rings. The van der Waals surface area contributed by atoms with Crippen LogP contribution in [-0.2, 0) is 0 Å². The topological polar surface area (TPSA) is 46.3 Å². The molecule has 0 bridgehead atoms. The third-order valence-electron chi connectivity index (χ3n) is 2.31. The van der Waals surface area contributed by atoms with E-state index >= 15 is 0 Å². The zero-order valence-electron chi connectivity index (χ0n) is 8.87. The fraction of sp³-hybridized carbons (Fsp3) is 0.364. The van der Waals surface area contributed by atoms with Gasteiger partial charge in [-0.25, -0.2) is 0 Å². The highest BCUT2D eigenvalue weighted by atomic mass is 16.2. The lowest BCUT2D eigenvalue weighted by Gasteiger charge is -2.16. The van der Waals surface area contributed by atoms with Gasteiger partial charge in [-0.05, 0) is 31.5 Å². The molecule has 0 aliphatic carbocycles. The van der Waals surface area contributed by atoms with Gasteiger partial charge in [-0.2, -0.15) is 0 Å². The van der Waals surface area contributed by atoms with E-state index in [2.05, 4.69) is 0 Å². The molecule has 0 aromatic heterocycles. The van der Waals surface area contributed by atoms with Crippen LogP contribution >= 0.6 is 0 Å². The molecule has 0 aliphatic heterocycles. The quantitative estimate of drug-likeness (QED) is 0.724. The number of hydrogen-bond acceptors (Lipinski definition) is 2. The van der Waals surface area contributed by atoms with Crippen LogP contribution in [0.15, 0.2) is 18.2 Å². The van der Waals surface area contributed by atoms with Crippen molar-refractivity contribution in [1.29, 1.82) is 0 Å². The number of benzene rings is 1. The molecule has 3 nitrogen and oxygen atoms in total. The first-order valence-electron chi connectivity index (χ1n) is 4.67. The smallest absolute Gasteiger partial charge is 0.253 e. The molecule has 0 fully saturated rings. The van der Waals surface area contributed by atoms with E-state index in [0.29, 0.717) is 17.8 Å². The van der Waals surface area contributed by atoms with Crippen LogP contribution in [0.2, 0.25) is 0 Å². The van der Waals surface area contributed by atoms with Gasteiger partial charge in [0.2, 0.25) is 0 Å². The Kier molecular flexibility index (Phi) is 3.12. The van der Waals surface area contributed by atoms with Crippen LogP contribution in [0.1, 0.15) is 22.8 Å². The molecule has 0 heterocycles. The van der Waals surface area contributed by atoms with E-state index in [1.165, 1.54) is 0 Å². The Balaban J connectivity index is 3.06. The monoisotopic (exact) mass is 192 g/mol. The average Bonchev–Trinajstić information content (AvgIpc) is 2.19. The minimum absolute atomic E-state index is 0.0253. The highest BCUT2D eigenvalue weighted by Crippen LogP contribution is 2.14. The van der Waals surface area contributed by atoms with Crippen molar-refractivity contribution in [2.45, 2.75) is 13.8 Å². The average molecular weight is 192 g/mol. The van der Waals surface area contributed by atoms with Crippen LogP contribution in [0.5, 0.6) is 0 Å². The van der Waals surface area contributed by atoms with Crippen molar-refractivity contribution in [3.05, 3.63) is 29.3 Å². The molecule has 1 amide bonds. The Labute approximate surface area is 84.5 Å². The van der Waals surface area contributed by atoms with Crippen molar-refractivity contribution >= 4 is 11.6 Å². The van der Waals surface area contributed by atoms with Crippen molar-refractivity contribution in [3.8, 4) is 0 Å². The Morgan fingerprint density at radius 2 is 2.14 bits per heavy atom. The van der Waals surface area contributed by atoms with Crippen molar-refractivity contribution < 1.29 is 4.79 Å².